The van der Waals surface area contributed by atoms with E-state index in [1.165, 1.54) is 0 Å². The Morgan fingerprint density at radius 3 is 2.78 bits per heavy atom. The summed E-state index contributed by atoms with van der Waals surface area (Å²) in [5, 5.41) is 3.48. The Bertz CT molecular complexity index is 521. The second kappa shape index (κ2) is 4.33. The molecule has 1 amide bonds. The summed E-state index contributed by atoms with van der Waals surface area (Å²) in [4.78, 5) is 16.8. The Kier molecular flexibility index (Phi) is 2.66. The molecule has 0 aliphatic carbocycles. The summed E-state index contributed by atoms with van der Waals surface area (Å²) in [6.07, 6.45) is 1.16. The minimum atomic E-state index is 0.0262. The van der Waals surface area contributed by atoms with Gasteiger partial charge in [0.15, 0.2) is 0 Å². The predicted molar refractivity (Wildman–Crippen MR) is 64.4 cm³/mol. The molecule has 18 heavy (non-hydrogen) atoms. The van der Waals surface area contributed by atoms with Gasteiger partial charge in [-0.25, -0.2) is 0 Å². The quantitative estimate of drug-likeness (QED) is 0.454. The van der Waals surface area contributed by atoms with E-state index < -0.39 is 0 Å². The maximum absolute atomic E-state index is 12.3. The molecule has 2 aliphatic heterocycles. The topological polar surface area (TPSA) is 78.3 Å². The molecule has 0 saturated carbocycles. The van der Waals surface area contributed by atoms with Crippen LogP contribution in [0.5, 0.6) is 0 Å². The van der Waals surface area contributed by atoms with Crippen LogP contribution in [0, 0.1) is 0 Å². The van der Waals surface area contributed by atoms with Crippen LogP contribution in [0.2, 0.25) is 0 Å². The zero-order valence-corrected chi connectivity index (χ0v) is 9.69. The molecule has 0 spiro atoms. The van der Waals surface area contributed by atoms with E-state index in [4.69, 9.17) is 10.3 Å². The first-order valence-corrected chi connectivity index (χ1v) is 5.85. The lowest BCUT2D eigenvalue weighted by Gasteiger charge is -2.26. The minimum absolute atomic E-state index is 0.0262. The Labute approximate surface area is 104 Å². The number of carbonyl (C=O) groups excluding carboxylic acids is 1. The number of fused-ring (bicyclic) bond motifs is 2. The molecule has 3 rings (SSSR count). The van der Waals surface area contributed by atoms with Crippen molar-refractivity contribution in [3.63, 3.8) is 0 Å². The van der Waals surface area contributed by atoms with Gasteiger partial charge in [-0.15, -0.1) is 0 Å². The van der Waals surface area contributed by atoms with Gasteiger partial charge in [-0.2, -0.15) is 0 Å². The highest BCUT2D eigenvalue weighted by molar-refractivity contribution is 5.95. The van der Waals surface area contributed by atoms with Crippen LogP contribution >= 0.6 is 0 Å². The van der Waals surface area contributed by atoms with E-state index >= 15 is 0 Å². The van der Waals surface area contributed by atoms with Crippen molar-refractivity contribution in [2.24, 2.45) is 5.11 Å². The van der Waals surface area contributed by atoms with E-state index in [1.54, 1.807) is 24.3 Å². The van der Waals surface area contributed by atoms with Gasteiger partial charge in [0.1, 0.15) is 0 Å². The SMILES string of the molecule is [N-]=[N+]=Nc1ccc(C(=O)N2CC3CC2CO3)cc1. The second-order valence-electron chi connectivity index (χ2n) is 4.54. The molecule has 0 radical (unpaired) electrons. The van der Waals surface area contributed by atoms with E-state index in [0.29, 0.717) is 24.4 Å². The highest BCUT2D eigenvalue weighted by Crippen LogP contribution is 2.29. The van der Waals surface area contributed by atoms with Crippen LogP contribution in [0.4, 0.5) is 5.69 Å². The molecule has 1 aromatic rings. The third kappa shape index (κ3) is 1.81. The van der Waals surface area contributed by atoms with Crippen LogP contribution in [0.15, 0.2) is 29.4 Å². The maximum atomic E-state index is 12.3. The van der Waals surface area contributed by atoms with E-state index in [1.807, 2.05) is 4.90 Å². The Morgan fingerprint density at radius 1 is 1.44 bits per heavy atom. The lowest BCUT2D eigenvalue weighted by Crippen LogP contribution is -2.41. The Balaban J connectivity index is 1.78. The summed E-state index contributed by atoms with van der Waals surface area (Å²) in [5.41, 5.74) is 9.45. The lowest BCUT2D eigenvalue weighted by molar-refractivity contribution is 0.0259. The third-order valence-electron chi connectivity index (χ3n) is 3.44. The van der Waals surface area contributed by atoms with Gasteiger partial charge in [0.05, 0.1) is 18.8 Å². The fourth-order valence-electron chi connectivity index (χ4n) is 2.54. The van der Waals surface area contributed by atoms with Crippen molar-refractivity contribution >= 4 is 11.6 Å². The van der Waals surface area contributed by atoms with Gasteiger partial charge in [-0.05, 0) is 24.1 Å². The average molecular weight is 244 g/mol. The van der Waals surface area contributed by atoms with Gasteiger partial charge < -0.3 is 9.64 Å². The molecular formula is C12H12N4O2. The molecule has 92 valence electrons. The average Bonchev–Trinajstić information content (AvgIpc) is 3.01. The fraction of sp³-hybridized carbons (Fsp3) is 0.417. The van der Waals surface area contributed by atoms with Gasteiger partial charge in [0, 0.05) is 22.7 Å². The molecule has 0 aromatic heterocycles. The summed E-state index contributed by atoms with van der Waals surface area (Å²) >= 11 is 0. The van der Waals surface area contributed by atoms with Crippen molar-refractivity contribution < 1.29 is 9.53 Å². The Morgan fingerprint density at radius 2 is 2.22 bits per heavy atom. The van der Waals surface area contributed by atoms with Crippen LogP contribution in [-0.2, 0) is 4.74 Å². The van der Waals surface area contributed by atoms with Gasteiger partial charge >= 0.3 is 0 Å². The molecule has 0 N–H and O–H groups in total. The van der Waals surface area contributed by atoms with E-state index in [0.717, 1.165) is 6.42 Å². The molecular weight excluding hydrogens is 232 g/mol. The maximum Gasteiger partial charge on any atom is 0.254 e. The molecule has 2 aliphatic rings. The molecule has 6 heteroatoms. The number of likely N-dealkylation sites (tertiary alicyclic amines) is 1. The van der Waals surface area contributed by atoms with E-state index in [-0.39, 0.29) is 18.1 Å². The smallest absolute Gasteiger partial charge is 0.254 e. The van der Waals surface area contributed by atoms with E-state index in [9.17, 15) is 4.79 Å². The zero-order chi connectivity index (χ0) is 12.5. The van der Waals surface area contributed by atoms with Crippen LogP contribution in [0.1, 0.15) is 16.8 Å². The number of benzene rings is 1. The Hall–Kier alpha value is -2.04. The number of hydrogen-bond acceptors (Lipinski definition) is 3. The molecule has 2 fully saturated rings. The second-order valence-corrected chi connectivity index (χ2v) is 4.54. The lowest BCUT2D eigenvalue weighted by atomic mass is 10.1. The van der Waals surface area contributed by atoms with Crippen LogP contribution in [0.25, 0.3) is 10.4 Å². The van der Waals surface area contributed by atoms with E-state index in [2.05, 4.69) is 10.0 Å². The summed E-state index contributed by atoms with van der Waals surface area (Å²) in [6.45, 7) is 1.33. The molecule has 6 nitrogen and oxygen atoms in total. The first kappa shape index (κ1) is 11.1. The molecule has 2 heterocycles. The highest BCUT2D eigenvalue weighted by Gasteiger charge is 2.41. The first-order valence-electron chi connectivity index (χ1n) is 5.85. The molecule has 2 saturated heterocycles. The van der Waals surface area contributed by atoms with Crippen molar-refractivity contribution in [2.75, 3.05) is 13.2 Å². The largest absolute Gasteiger partial charge is 0.374 e. The number of carbonyl (C=O) groups is 1. The summed E-state index contributed by atoms with van der Waals surface area (Å²) in [6, 6.07) is 6.91. The third-order valence-corrected chi connectivity index (χ3v) is 3.44. The minimum Gasteiger partial charge on any atom is -0.374 e. The number of nitrogens with zero attached hydrogens (tertiary/aromatic N) is 4. The summed E-state index contributed by atoms with van der Waals surface area (Å²) in [5.74, 6) is 0.0262. The first-order chi connectivity index (χ1) is 8.78. The van der Waals surface area contributed by atoms with Crippen molar-refractivity contribution in [3.05, 3.63) is 40.3 Å². The van der Waals surface area contributed by atoms with Crippen molar-refractivity contribution in [3.8, 4) is 0 Å². The van der Waals surface area contributed by atoms with Crippen LogP contribution in [-0.4, -0.2) is 36.1 Å². The van der Waals surface area contributed by atoms with Gasteiger partial charge in [0.2, 0.25) is 0 Å². The molecule has 1 aromatic carbocycles. The standard InChI is InChI=1S/C12H12N4O2/c13-15-14-9-3-1-8(2-4-9)12(17)16-6-11-5-10(16)7-18-11/h1-4,10-11H,5-7H2. The number of rotatable bonds is 2. The normalized spacial score (nSPS) is 25.0. The summed E-state index contributed by atoms with van der Waals surface area (Å²) in [7, 11) is 0. The predicted octanol–water partition coefficient (Wildman–Crippen LogP) is 2.24. The van der Waals surface area contributed by atoms with Crippen molar-refractivity contribution in [2.45, 2.75) is 18.6 Å². The highest BCUT2D eigenvalue weighted by atomic mass is 16.5. The monoisotopic (exact) mass is 244 g/mol. The van der Waals surface area contributed by atoms with Crippen LogP contribution in [0.3, 0.4) is 0 Å². The van der Waals surface area contributed by atoms with Crippen molar-refractivity contribution in [1.29, 1.82) is 0 Å². The fourth-order valence-corrected chi connectivity index (χ4v) is 2.54. The number of amides is 1. The van der Waals surface area contributed by atoms with Gasteiger partial charge in [-0.3, -0.25) is 4.79 Å². The summed E-state index contributed by atoms with van der Waals surface area (Å²) < 4.78 is 5.47. The molecule has 2 bridgehead atoms. The van der Waals surface area contributed by atoms with Crippen LogP contribution < -0.4 is 0 Å². The number of hydrogen-bond donors (Lipinski definition) is 0. The molecule has 2 atom stereocenters. The number of azide groups is 1. The number of ether oxygens (including phenoxy) is 1. The zero-order valence-electron chi connectivity index (χ0n) is 9.69. The molecule has 2 unspecified atom stereocenters. The van der Waals surface area contributed by atoms with Gasteiger partial charge in [-0.1, -0.05) is 17.2 Å². The van der Waals surface area contributed by atoms with Crippen molar-refractivity contribution in [1.82, 2.24) is 4.90 Å². The van der Waals surface area contributed by atoms with Gasteiger partial charge in [0.25, 0.3) is 5.91 Å². The number of morpholine rings is 1.